The molecular weight excluding hydrogens is 240 g/mol. The summed E-state index contributed by atoms with van der Waals surface area (Å²) in [5, 5.41) is 9.02. The zero-order valence-electron chi connectivity index (χ0n) is 11.4. The van der Waals surface area contributed by atoms with Gasteiger partial charge in [-0.05, 0) is 23.1 Å². The maximum absolute atomic E-state index is 9.02. The van der Waals surface area contributed by atoms with Crippen LogP contribution in [0.25, 0.3) is 0 Å². The summed E-state index contributed by atoms with van der Waals surface area (Å²) in [6, 6.07) is 7.90. The molecule has 1 aromatic heterocycles. The molecular formula is C15H18N2O2. The monoisotopic (exact) mass is 258 g/mol. The minimum absolute atomic E-state index is 0.0675. The quantitative estimate of drug-likeness (QED) is 0.919. The summed E-state index contributed by atoms with van der Waals surface area (Å²) in [7, 11) is 0. The van der Waals surface area contributed by atoms with E-state index in [0.29, 0.717) is 11.6 Å². The summed E-state index contributed by atoms with van der Waals surface area (Å²) in [6.07, 6.45) is 3.04. The third kappa shape index (κ3) is 3.51. The predicted octanol–water partition coefficient (Wildman–Crippen LogP) is 3.06. The lowest BCUT2D eigenvalue weighted by Crippen LogP contribution is -2.10. The number of aromatic nitrogens is 2. The molecule has 0 aliphatic carbocycles. The second-order valence-corrected chi connectivity index (χ2v) is 5.39. The van der Waals surface area contributed by atoms with Gasteiger partial charge in [-0.2, -0.15) is 0 Å². The Bertz CT molecular complexity index is 562. The fourth-order valence-electron chi connectivity index (χ4n) is 1.66. The average Bonchev–Trinajstić information content (AvgIpc) is 2.38. The third-order valence-corrected chi connectivity index (χ3v) is 2.75. The average molecular weight is 258 g/mol. The van der Waals surface area contributed by atoms with Gasteiger partial charge in [0.15, 0.2) is 0 Å². The number of hydrogen-bond acceptors (Lipinski definition) is 4. The highest BCUT2D eigenvalue weighted by Gasteiger charge is 2.14. The van der Waals surface area contributed by atoms with Gasteiger partial charge >= 0.3 is 0 Å². The molecule has 19 heavy (non-hydrogen) atoms. The first kappa shape index (κ1) is 13.5. The van der Waals surface area contributed by atoms with Gasteiger partial charge < -0.3 is 9.84 Å². The van der Waals surface area contributed by atoms with Crippen molar-refractivity contribution in [3.8, 4) is 11.6 Å². The molecule has 100 valence electrons. The van der Waals surface area contributed by atoms with Gasteiger partial charge in [-0.15, -0.1) is 0 Å². The Balaban J connectivity index is 2.23. The van der Waals surface area contributed by atoms with Crippen LogP contribution in [-0.2, 0) is 12.0 Å². The van der Waals surface area contributed by atoms with Crippen LogP contribution >= 0.6 is 0 Å². The second kappa shape index (κ2) is 5.36. The van der Waals surface area contributed by atoms with Gasteiger partial charge in [0.25, 0.3) is 0 Å². The number of aliphatic hydroxyl groups is 1. The molecule has 0 spiro atoms. The Morgan fingerprint density at radius 1 is 1.21 bits per heavy atom. The van der Waals surface area contributed by atoms with Crippen LogP contribution in [0.2, 0.25) is 0 Å². The van der Waals surface area contributed by atoms with Crippen molar-refractivity contribution in [2.75, 3.05) is 0 Å². The molecule has 0 aliphatic rings. The van der Waals surface area contributed by atoms with Gasteiger partial charge in [-0.25, -0.2) is 4.98 Å². The van der Waals surface area contributed by atoms with Crippen molar-refractivity contribution in [2.24, 2.45) is 0 Å². The van der Waals surface area contributed by atoms with E-state index in [1.165, 1.54) is 18.0 Å². The Kier molecular flexibility index (Phi) is 3.81. The highest BCUT2D eigenvalue weighted by atomic mass is 16.5. The van der Waals surface area contributed by atoms with Crippen molar-refractivity contribution < 1.29 is 9.84 Å². The van der Waals surface area contributed by atoms with E-state index in [4.69, 9.17) is 9.84 Å². The molecule has 0 unspecified atom stereocenters. The Morgan fingerprint density at radius 3 is 2.68 bits per heavy atom. The lowest BCUT2D eigenvalue weighted by Gasteiger charge is -2.19. The summed E-state index contributed by atoms with van der Waals surface area (Å²) < 4.78 is 5.67. The summed E-state index contributed by atoms with van der Waals surface area (Å²) in [5.41, 5.74) is 1.75. The molecule has 4 heteroatoms. The van der Waals surface area contributed by atoms with Crippen LogP contribution in [0.5, 0.6) is 11.6 Å². The largest absolute Gasteiger partial charge is 0.437 e. The zero-order chi connectivity index (χ0) is 13.9. The summed E-state index contributed by atoms with van der Waals surface area (Å²) in [6.45, 7) is 6.31. The smallest absolute Gasteiger partial charge is 0.238 e. The number of ether oxygens (including phenoxy) is 1. The zero-order valence-corrected chi connectivity index (χ0v) is 11.4. The van der Waals surface area contributed by atoms with E-state index in [0.717, 1.165) is 5.75 Å². The molecule has 0 atom stereocenters. The SMILES string of the molecule is CC(C)(C)c1cccc(Oc2cncc(CO)n2)c1. The van der Waals surface area contributed by atoms with Crippen molar-refractivity contribution in [3.63, 3.8) is 0 Å². The Morgan fingerprint density at radius 2 is 2.00 bits per heavy atom. The lowest BCUT2D eigenvalue weighted by molar-refractivity contribution is 0.274. The van der Waals surface area contributed by atoms with E-state index in [9.17, 15) is 0 Å². The normalized spacial score (nSPS) is 11.4. The lowest BCUT2D eigenvalue weighted by atomic mass is 9.87. The molecule has 1 heterocycles. The highest BCUT2D eigenvalue weighted by molar-refractivity contribution is 5.34. The van der Waals surface area contributed by atoms with E-state index in [1.807, 2.05) is 18.2 Å². The molecule has 4 nitrogen and oxygen atoms in total. The molecule has 0 bridgehead atoms. The van der Waals surface area contributed by atoms with Crippen LogP contribution in [-0.4, -0.2) is 15.1 Å². The van der Waals surface area contributed by atoms with Gasteiger partial charge in [0.05, 0.1) is 24.7 Å². The minimum atomic E-state index is -0.147. The third-order valence-electron chi connectivity index (χ3n) is 2.75. The van der Waals surface area contributed by atoms with E-state index >= 15 is 0 Å². The number of hydrogen-bond donors (Lipinski definition) is 1. The molecule has 0 fully saturated rings. The van der Waals surface area contributed by atoms with Crippen LogP contribution in [0.1, 0.15) is 32.0 Å². The fourth-order valence-corrected chi connectivity index (χ4v) is 1.66. The Labute approximate surface area is 113 Å². The van der Waals surface area contributed by atoms with Gasteiger partial charge in [0, 0.05) is 0 Å². The molecule has 1 N–H and O–H groups in total. The fraction of sp³-hybridized carbons (Fsp3) is 0.333. The second-order valence-electron chi connectivity index (χ2n) is 5.39. The standard InChI is InChI=1S/C15H18N2O2/c1-15(2,3)11-5-4-6-13(7-11)19-14-9-16-8-12(10-18)17-14/h4-9,18H,10H2,1-3H3. The molecule has 0 amide bonds. The molecule has 0 aliphatic heterocycles. The van der Waals surface area contributed by atoms with Crippen LogP contribution in [0.4, 0.5) is 0 Å². The number of rotatable bonds is 3. The maximum Gasteiger partial charge on any atom is 0.238 e. The van der Waals surface area contributed by atoms with Crippen molar-refractivity contribution in [1.29, 1.82) is 0 Å². The molecule has 0 radical (unpaired) electrons. The highest BCUT2D eigenvalue weighted by Crippen LogP contribution is 2.27. The van der Waals surface area contributed by atoms with Gasteiger partial charge in [-0.1, -0.05) is 32.9 Å². The first-order valence-electron chi connectivity index (χ1n) is 6.19. The van der Waals surface area contributed by atoms with E-state index < -0.39 is 0 Å². The number of benzene rings is 1. The molecule has 0 saturated carbocycles. The first-order chi connectivity index (χ1) is 8.99. The Hall–Kier alpha value is -1.94. The van der Waals surface area contributed by atoms with Crippen LogP contribution in [0, 0.1) is 0 Å². The van der Waals surface area contributed by atoms with Crippen molar-refractivity contribution in [2.45, 2.75) is 32.8 Å². The van der Waals surface area contributed by atoms with Crippen molar-refractivity contribution in [1.82, 2.24) is 9.97 Å². The number of nitrogens with zero attached hydrogens (tertiary/aromatic N) is 2. The van der Waals surface area contributed by atoms with Crippen molar-refractivity contribution in [3.05, 3.63) is 47.9 Å². The summed E-state index contributed by atoms with van der Waals surface area (Å²) >= 11 is 0. The molecule has 2 rings (SSSR count). The molecule has 0 saturated heterocycles. The van der Waals surface area contributed by atoms with Crippen LogP contribution in [0.3, 0.4) is 0 Å². The van der Waals surface area contributed by atoms with E-state index in [2.05, 4.69) is 36.8 Å². The molecule has 1 aromatic carbocycles. The maximum atomic E-state index is 9.02. The van der Waals surface area contributed by atoms with Crippen LogP contribution in [0.15, 0.2) is 36.7 Å². The van der Waals surface area contributed by atoms with Gasteiger partial charge in [-0.3, -0.25) is 4.98 Å². The predicted molar refractivity (Wildman–Crippen MR) is 73.2 cm³/mol. The van der Waals surface area contributed by atoms with Gasteiger partial charge in [0.2, 0.25) is 5.88 Å². The topological polar surface area (TPSA) is 55.2 Å². The minimum Gasteiger partial charge on any atom is -0.437 e. The molecule has 2 aromatic rings. The summed E-state index contributed by atoms with van der Waals surface area (Å²) in [5.74, 6) is 1.11. The van der Waals surface area contributed by atoms with E-state index in [-0.39, 0.29) is 12.0 Å². The van der Waals surface area contributed by atoms with Crippen LogP contribution < -0.4 is 4.74 Å². The van der Waals surface area contributed by atoms with Crippen molar-refractivity contribution >= 4 is 0 Å². The van der Waals surface area contributed by atoms with Gasteiger partial charge in [0.1, 0.15) is 5.75 Å². The first-order valence-corrected chi connectivity index (χ1v) is 6.19. The number of aliphatic hydroxyl groups excluding tert-OH is 1. The van der Waals surface area contributed by atoms with E-state index in [1.54, 1.807) is 0 Å². The summed E-state index contributed by atoms with van der Waals surface area (Å²) in [4.78, 5) is 8.12.